The number of carboxylic acids is 1. The third-order valence-corrected chi connectivity index (χ3v) is 5.92. The molecule has 0 bridgehead atoms. The van der Waals surface area contributed by atoms with Crippen molar-refractivity contribution in [1.82, 2.24) is 4.90 Å². The highest BCUT2D eigenvalue weighted by molar-refractivity contribution is 5.81. The molecule has 30 heavy (non-hydrogen) atoms. The highest BCUT2D eigenvalue weighted by Gasteiger charge is 2.41. The van der Waals surface area contributed by atoms with Crippen LogP contribution >= 0.6 is 0 Å². The Hall–Kier alpha value is -2.86. The minimum atomic E-state index is -1.05. The monoisotopic (exact) mass is 411 g/mol. The molecule has 0 saturated carbocycles. The van der Waals surface area contributed by atoms with Crippen molar-refractivity contribution in [3.8, 4) is 0 Å². The van der Waals surface area contributed by atoms with Gasteiger partial charge in [-0.15, -0.1) is 0 Å². The zero-order valence-electron chi connectivity index (χ0n) is 17.8. The van der Waals surface area contributed by atoms with Gasteiger partial charge in [0, 0.05) is 12.3 Å². The van der Waals surface area contributed by atoms with Gasteiger partial charge < -0.3 is 14.6 Å². The molecule has 6 nitrogen and oxygen atoms in total. The van der Waals surface area contributed by atoms with Crippen LogP contribution in [0.3, 0.4) is 0 Å². The standard InChI is InChI=1S/C24H29NO5/c1-5-8-15(2)13-29-18-11-22(23(26)27)25(12-18)24(28)30-14-21-17(4)16(3)19-9-6-7-10-20(19)21/h5-10,18,21-22H,2,11-14H2,1,3-4H3,(H,26,27). The van der Waals surface area contributed by atoms with Gasteiger partial charge in [-0.3, -0.25) is 4.90 Å². The van der Waals surface area contributed by atoms with Crippen molar-refractivity contribution in [3.63, 3.8) is 0 Å². The molecule has 6 heteroatoms. The van der Waals surface area contributed by atoms with Crippen LogP contribution in [-0.4, -0.2) is 54.0 Å². The molecule has 3 rings (SSSR count). The molecule has 0 radical (unpaired) electrons. The van der Waals surface area contributed by atoms with Crippen LogP contribution in [0.1, 0.15) is 44.2 Å². The maximum atomic E-state index is 12.7. The Morgan fingerprint density at radius 2 is 2.03 bits per heavy atom. The summed E-state index contributed by atoms with van der Waals surface area (Å²) in [4.78, 5) is 25.7. The first-order valence-corrected chi connectivity index (χ1v) is 10.2. The Bertz CT molecular complexity index is 901. The Balaban J connectivity index is 1.63. The molecule has 1 N–H and O–H groups in total. The topological polar surface area (TPSA) is 76.1 Å². The van der Waals surface area contributed by atoms with E-state index in [0.29, 0.717) is 6.61 Å². The van der Waals surface area contributed by atoms with E-state index >= 15 is 0 Å². The van der Waals surface area contributed by atoms with Crippen molar-refractivity contribution in [2.24, 2.45) is 0 Å². The van der Waals surface area contributed by atoms with E-state index in [2.05, 4.69) is 19.6 Å². The number of likely N-dealkylation sites (tertiary alicyclic amines) is 1. The van der Waals surface area contributed by atoms with E-state index in [1.165, 1.54) is 21.6 Å². The number of nitrogens with zero attached hydrogens (tertiary/aromatic N) is 1. The molecule has 1 aliphatic heterocycles. The fourth-order valence-electron chi connectivity index (χ4n) is 4.16. The lowest BCUT2D eigenvalue weighted by molar-refractivity contribution is -0.141. The average molecular weight is 411 g/mol. The number of allylic oxidation sites excluding steroid dienone is 2. The van der Waals surface area contributed by atoms with Gasteiger partial charge in [0.1, 0.15) is 12.6 Å². The number of carboxylic acid groups (broad SMARTS) is 1. The largest absolute Gasteiger partial charge is 0.480 e. The Morgan fingerprint density at radius 3 is 2.73 bits per heavy atom. The summed E-state index contributed by atoms with van der Waals surface area (Å²) in [5.41, 5.74) is 5.48. The van der Waals surface area contributed by atoms with E-state index < -0.39 is 18.1 Å². The number of carbonyl (C=O) groups excluding carboxylic acids is 1. The first kappa shape index (κ1) is 21.8. The molecular formula is C24H29NO5. The van der Waals surface area contributed by atoms with E-state index in [9.17, 15) is 14.7 Å². The number of benzene rings is 1. The lowest BCUT2D eigenvalue weighted by Gasteiger charge is -2.22. The van der Waals surface area contributed by atoms with Crippen molar-refractivity contribution in [3.05, 3.63) is 65.3 Å². The van der Waals surface area contributed by atoms with Gasteiger partial charge in [-0.2, -0.15) is 0 Å². The second kappa shape index (κ2) is 9.30. The summed E-state index contributed by atoms with van der Waals surface area (Å²) >= 11 is 0. The number of aliphatic carboxylic acids is 1. The van der Waals surface area contributed by atoms with Crippen LogP contribution in [-0.2, 0) is 14.3 Å². The summed E-state index contributed by atoms with van der Waals surface area (Å²) < 4.78 is 11.3. The lowest BCUT2D eigenvalue weighted by atomic mass is 9.98. The zero-order valence-corrected chi connectivity index (χ0v) is 17.8. The van der Waals surface area contributed by atoms with Crippen LogP contribution in [0, 0.1) is 0 Å². The molecule has 1 aromatic rings. The predicted octanol–water partition coefficient (Wildman–Crippen LogP) is 4.39. The normalized spacial score (nSPS) is 23.2. The van der Waals surface area contributed by atoms with E-state index in [0.717, 1.165) is 11.1 Å². The van der Waals surface area contributed by atoms with Gasteiger partial charge >= 0.3 is 12.1 Å². The van der Waals surface area contributed by atoms with Crippen molar-refractivity contribution < 1.29 is 24.2 Å². The number of hydrogen-bond acceptors (Lipinski definition) is 4. The molecule has 1 heterocycles. The summed E-state index contributed by atoms with van der Waals surface area (Å²) in [5.74, 6) is -1.06. The summed E-state index contributed by atoms with van der Waals surface area (Å²) in [7, 11) is 0. The number of rotatable bonds is 7. The van der Waals surface area contributed by atoms with Crippen LogP contribution in [0.15, 0.2) is 54.1 Å². The molecule has 1 amide bonds. The minimum Gasteiger partial charge on any atom is -0.480 e. The van der Waals surface area contributed by atoms with Crippen LogP contribution in [0.5, 0.6) is 0 Å². The maximum Gasteiger partial charge on any atom is 0.410 e. The van der Waals surface area contributed by atoms with Gasteiger partial charge in [0.05, 0.1) is 19.3 Å². The third-order valence-electron chi connectivity index (χ3n) is 5.92. The van der Waals surface area contributed by atoms with Crippen molar-refractivity contribution >= 4 is 17.6 Å². The maximum absolute atomic E-state index is 12.7. The Kier molecular flexibility index (Phi) is 6.77. The Labute approximate surface area is 177 Å². The first-order chi connectivity index (χ1) is 14.3. The van der Waals surface area contributed by atoms with Crippen molar-refractivity contribution in [1.29, 1.82) is 0 Å². The Morgan fingerprint density at radius 1 is 1.30 bits per heavy atom. The van der Waals surface area contributed by atoms with Crippen LogP contribution in [0.4, 0.5) is 4.79 Å². The molecule has 0 spiro atoms. The van der Waals surface area contributed by atoms with E-state index in [-0.39, 0.29) is 31.6 Å². The van der Waals surface area contributed by atoms with Crippen LogP contribution in [0.2, 0.25) is 0 Å². The smallest absolute Gasteiger partial charge is 0.410 e. The van der Waals surface area contributed by atoms with Crippen LogP contribution in [0.25, 0.3) is 5.57 Å². The quantitative estimate of drug-likeness (QED) is 0.674. The first-order valence-electron chi connectivity index (χ1n) is 10.2. The number of hydrogen-bond donors (Lipinski definition) is 1. The highest BCUT2D eigenvalue weighted by Crippen LogP contribution is 2.41. The van der Waals surface area contributed by atoms with Gasteiger partial charge in [-0.05, 0) is 43.0 Å². The van der Waals surface area contributed by atoms with Crippen LogP contribution < -0.4 is 0 Å². The molecule has 3 unspecified atom stereocenters. The molecule has 160 valence electrons. The molecule has 0 aromatic heterocycles. The molecule has 1 aromatic carbocycles. The van der Waals surface area contributed by atoms with E-state index in [1.54, 1.807) is 0 Å². The SMILES string of the molecule is C=C(C=CC)COC1CC(C(=O)O)N(C(=O)OCC2C(C)=C(C)c3ccccc32)C1. The molecule has 1 fully saturated rings. The minimum absolute atomic E-state index is 0.00719. The van der Waals surface area contributed by atoms with Crippen molar-refractivity contribution in [2.45, 2.75) is 45.3 Å². The molecule has 2 aliphatic rings. The van der Waals surface area contributed by atoms with Gasteiger partial charge in [0.15, 0.2) is 0 Å². The molecule has 1 aliphatic carbocycles. The second-order valence-electron chi connectivity index (χ2n) is 7.86. The van der Waals surface area contributed by atoms with Crippen molar-refractivity contribution in [2.75, 3.05) is 19.8 Å². The highest BCUT2D eigenvalue weighted by atomic mass is 16.6. The summed E-state index contributed by atoms with van der Waals surface area (Å²) in [6, 6.07) is 7.14. The fourth-order valence-corrected chi connectivity index (χ4v) is 4.16. The van der Waals surface area contributed by atoms with Gasteiger partial charge in [0.25, 0.3) is 0 Å². The molecule has 1 saturated heterocycles. The van der Waals surface area contributed by atoms with E-state index in [1.807, 2.05) is 44.2 Å². The van der Waals surface area contributed by atoms with Gasteiger partial charge in [-0.1, -0.05) is 48.6 Å². The second-order valence-corrected chi connectivity index (χ2v) is 7.86. The van der Waals surface area contributed by atoms with E-state index in [4.69, 9.17) is 9.47 Å². The van der Waals surface area contributed by atoms with Gasteiger partial charge in [-0.25, -0.2) is 9.59 Å². The number of ether oxygens (including phenoxy) is 2. The lowest BCUT2D eigenvalue weighted by Crippen LogP contribution is -2.41. The fraction of sp³-hybridized carbons (Fsp3) is 0.417. The summed E-state index contributed by atoms with van der Waals surface area (Å²) in [6.45, 7) is 10.6. The summed E-state index contributed by atoms with van der Waals surface area (Å²) in [6.07, 6.45) is 2.96. The number of amides is 1. The number of carbonyl (C=O) groups is 2. The molecule has 3 atom stereocenters. The predicted molar refractivity (Wildman–Crippen MR) is 115 cm³/mol. The average Bonchev–Trinajstić information content (AvgIpc) is 3.26. The van der Waals surface area contributed by atoms with Gasteiger partial charge in [0.2, 0.25) is 0 Å². The third kappa shape index (κ3) is 4.49. The zero-order chi connectivity index (χ0) is 21.8. The number of fused-ring (bicyclic) bond motifs is 1. The molecular weight excluding hydrogens is 382 g/mol. The summed E-state index contributed by atoms with van der Waals surface area (Å²) in [5, 5.41) is 9.56.